The minimum Gasteiger partial charge on any atom is -0.311 e. The minimum absolute atomic E-state index is 0.629. The van der Waals surface area contributed by atoms with Crippen molar-refractivity contribution in [3.8, 4) is 0 Å². The average molecular weight is 216 g/mol. The van der Waals surface area contributed by atoms with E-state index >= 15 is 0 Å². The lowest BCUT2D eigenvalue weighted by Crippen LogP contribution is -2.34. The van der Waals surface area contributed by atoms with Crippen molar-refractivity contribution in [2.24, 2.45) is 5.92 Å². The fourth-order valence-corrected chi connectivity index (χ4v) is 2.35. The van der Waals surface area contributed by atoms with E-state index in [4.69, 9.17) is 11.6 Å². The summed E-state index contributed by atoms with van der Waals surface area (Å²) in [5, 5.41) is 3.58. The third-order valence-electron chi connectivity index (χ3n) is 3.14. The molecule has 0 aliphatic heterocycles. The van der Waals surface area contributed by atoms with Gasteiger partial charge in [-0.1, -0.05) is 38.3 Å². The molecule has 1 aliphatic rings. The van der Waals surface area contributed by atoms with Crippen molar-refractivity contribution in [1.29, 1.82) is 0 Å². The highest BCUT2D eigenvalue weighted by atomic mass is 35.5. The van der Waals surface area contributed by atoms with Gasteiger partial charge in [0, 0.05) is 18.5 Å². The maximum atomic E-state index is 5.55. The van der Waals surface area contributed by atoms with Crippen LogP contribution in [0.3, 0.4) is 0 Å². The summed E-state index contributed by atoms with van der Waals surface area (Å²) >= 11 is 5.55. The first-order valence-corrected chi connectivity index (χ1v) is 6.34. The molecule has 0 radical (unpaired) electrons. The molecule has 2 atom stereocenters. The fraction of sp³-hybridized carbons (Fsp3) is 0.833. The molecule has 82 valence electrons. The molecule has 0 heterocycles. The van der Waals surface area contributed by atoms with Crippen LogP contribution in [0.15, 0.2) is 12.2 Å². The summed E-state index contributed by atoms with van der Waals surface area (Å²) in [4.78, 5) is 0. The molecule has 0 bridgehead atoms. The standard InChI is InChI=1S/C12H22ClN/c1-2-11-6-5-7-12(10-11)14-9-4-3-8-13/h3-4,11-12,14H,2,5-10H2,1H3/b4-3+. The summed E-state index contributed by atoms with van der Waals surface area (Å²) < 4.78 is 0. The number of allylic oxidation sites excluding steroid dienone is 1. The molecule has 14 heavy (non-hydrogen) atoms. The molecule has 1 rings (SSSR count). The van der Waals surface area contributed by atoms with Gasteiger partial charge in [0.15, 0.2) is 0 Å². The first-order valence-electron chi connectivity index (χ1n) is 5.81. The van der Waals surface area contributed by atoms with Gasteiger partial charge in [0.2, 0.25) is 0 Å². The Bertz CT molecular complexity index is 168. The lowest BCUT2D eigenvalue weighted by molar-refractivity contribution is 0.285. The molecule has 1 N–H and O–H groups in total. The van der Waals surface area contributed by atoms with Crippen LogP contribution < -0.4 is 5.32 Å². The SMILES string of the molecule is CCC1CCCC(NC/C=C/CCl)C1. The van der Waals surface area contributed by atoms with Crippen molar-refractivity contribution in [2.45, 2.75) is 45.1 Å². The molecule has 1 saturated carbocycles. The summed E-state index contributed by atoms with van der Waals surface area (Å²) in [7, 11) is 0. The number of nitrogens with one attached hydrogen (secondary N) is 1. The van der Waals surface area contributed by atoms with Crippen LogP contribution in [0, 0.1) is 5.92 Å². The van der Waals surface area contributed by atoms with Crippen LogP contribution >= 0.6 is 11.6 Å². The second kappa shape index (κ2) is 7.30. The average Bonchev–Trinajstić information content (AvgIpc) is 2.25. The van der Waals surface area contributed by atoms with Gasteiger partial charge in [-0.05, 0) is 18.8 Å². The third kappa shape index (κ3) is 4.47. The highest BCUT2D eigenvalue weighted by Gasteiger charge is 2.19. The van der Waals surface area contributed by atoms with Crippen molar-refractivity contribution in [3.63, 3.8) is 0 Å². The zero-order valence-corrected chi connectivity index (χ0v) is 9.89. The van der Waals surface area contributed by atoms with Gasteiger partial charge in [0.1, 0.15) is 0 Å². The number of rotatable bonds is 5. The summed E-state index contributed by atoms with van der Waals surface area (Å²) in [6.45, 7) is 3.29. The molecule has 0 amide bonds. The smallest absolute Gasteiger partial charge is 0.0404 e. The number of alkyl halides is 1. The van der Waals surface area contributed by atoms with Gasteiger partial charge < -0.3 is 5.32 Å². The number of hydrogen-bond donors (Lipinski definition) is 1. The van der Waals surface area contributed by atoms with Crippen LogP contribution in [0.5, 0.6) is 0 Å². The largest absolute Gasteiger partial charge is 0.311 e. The maximum Gasteiger partial charge on any atom is 0.0404 e. The van der Waals surface area contributed by atoms with Crippen molar-refractivity contribution in [2.75, 3.05) is 12.4 Å². The summed E-state index contributed by atoms with van der Waals surface area (Å²) in [5.41, 5.74) is 0. The van der Waals surface area contributed by atoms with Crippen LogP contribution in [0.2, 0.25) is 0 Å². The Morgan fingerprint density at radius 3 is 2.93 bits per heavy atom. The van der Waals surface area contributed by atoms with E-state index in [1.54, 1.807) is 0 Å². The summed E-state index contributed by atoms with van der Waals surface area (Å²) in [6.07, 6.45) is 11.0. The van der Waals surface area contributed by atoms with Gasteiger partial charge in [-0.15, -0.1) is 11.6 Å². The van der Waals surface area contributed by atoms with Gasteiger partial charge in [-0.2, -0.15) is 0 Å². The van der Waals surface area contributed by atoms with Crippen molar-refractivity contribution in [3.05, 3.63) is 12.2 Å². The van der Waals surface area contributed by atoms with E-state index in [1.807, 2.05) is 6.08 Å². The molecular weight excluding hydrogens is 194 g/mol. The molecule has 2 heteroatoms. The molecule has 0 saturated heterocycles. The maximum absolute atomic E-state index is 5.55. The summed E-state index contributed by atoms with van der Waals surface area (Å²) in [6, 6.07) is 0.744. The topological polar surface area (TPSA) is 12.0 Å². The molecule has 2 unspecified atom stereocenters. The monoisotopic (exact) mass is 215 g/mol. The molecule has 0 aromatic carbocycles. The van der Waals surface area contributed by atoms with Crippen molar-refractivity contribution < 1.29 is 0 Å². The Morgan fingerprint density at radius 1 is 1.36 bits per heavy atom. The fourth-order valence-electron chi connectivity index (χ4n) is 2.23. The van der Waals surface area contributed by atoms with E-state index in [1.165, 1.54) is 32.1 Å². The minimum atomic E-state index is 0.629. The molecule has 0 aromatic heterocycles. The first kappa shape index (κ1) is 12.1. The Kier molecular flexibility index (Phi) is 6.29. The van der Waals surface area contributed by atoms with Gasteiger partial charge in [-0.3, -0.25) is 0 Å². The van der Waals surface area contributed by atoms with Gasteiger partial charge >= 0.3 is 0 Å². The van der Waals surface area contributed by atoms with Gasteiger partial charge in [0.05, 0.1) is 0 Å². The van der Waals surface area contributed by atoms with E-state index in [0.29, 0.717) is 5.88 Å². The first-order chi connectivity index (χ1) is 6.86. The zero-order chi connectivity index (χ0) is 10.2. The van der Waals surface area contributed by atoms with Crippen molar-refractivity contribution in [1.82, 2.24) is 5.32 Å². The molecule has 1 aliphatic carbocycles. The van der Waals surface area contributed by atoms with Crippen LogP contribution in [0.1, 0.15) is 39.0 Å². The Morgan fingerprint density at radius 2 is 2.21 bits per heavy atom. The van der Waals surface area contributed by atoms with E-state index in [-0.39, 0.29) is 0 Å². The van der Waals surface area contributed by atoms with E-state index in [0.717, 1.165) is 18.5 Å². The molecule has 0 spiro atoms. The predicted molar refractivity (Wildman–Crippen MR) is 63.9 cm³/mol. The third-order valence-corrected chi connectivity index (χ3v) is 3.32. The van der Waals surface area contributed by atoms with E-state index in [9.17, 15) is 0 Å². The molecule has 1 nitrogen and oxygen atoms in total. The zero-order valence-electron chi connectivity index (χ0n) is 9.14. The second-order valence-electron chi connectivity index (χ2n) is 4.17. The Hall–Kier alpha value is -0.0100. The highest BCUT2D eigenvalue weighted by Crippen LogP contribution is 2.26. The van der Waals surface area contributed by atoms with E-state index < -0.39 is 0 Å². The quantitative estimate of drug-likeness (QED) is 0.548. The van der Waals surface area contributed by atoms with Crippen LogP contribution in [-0.4, -0.2) is 18.5 Å². The lowest BCUT2D eigenvalue weighted by atomic mass is 9.84. The van der Waals surface area contributed by atoms with Crippen LogP contribution in [0.4, 0.5) is 0 Å². The van der Waals surface area contributed by atoms with Gasteiger partial charge in [-0.25, -0.2) is 0 Å². The Balaban J connectivity index is 2.14. The van der Waals surface area contributed by atoms with Crippen LogP contribution in [-0.2, 0) is 0 Å². The van der Waals surface area contributed by atoms with E-state index in [2.05, 4.69) is 18.3 Å². The Labute approximate surface area is 92.9 Å². The van der Waals surface area contributed by atoms with Crippen LogP contribution in [0.25, 0.3) is 0 Å². The highest BCUT2D eigenvalue weighted by molar-refractivity contribution is 6.18. The number of halogens is 1. The molecular formula is C12H22ClN. The molecule has 1 fully saturated rings. The second-order valence-corrected chi connectivity index (χ2v) is 4.48. The lowest BCUT2D eigenvalue weighted by Gasteiger charge is -2.28. The normalized spacial score (nSPS) is 28.4. The number of hydrogen-bond acceptors (Lipinski definition) is 1. The summed E-state index contributed by atoms with van der Waals surface area (Å²) in [5.74, 6) is 1.59. The van der Waals surface area contributed by atoms with Crippen molar-refractivity contribution >= 4 is 11.6 Å². The predicted octanol–water partition coefficient (Wildman–Crippen LogP) is 3.34. The van der Waals surface area contributed by atoms with Gasteiger partial charge in [0.25, 0.3) is 0 Å². The molecule has 0 aromatic rings.